The number of allylic oxidation sites excluding steroid dienone is 1. The van der Waals surface area contributed by atoms with Crippen LogP contribution in [0.1, 0.15) is 11.1 Å². The van der Waals surface area contributed by atoms with E-state index >= 15 is 0 Å². The van der Waals surface area contributed by atoms with E-state index in [1.807, 2.05) is 24.3 Å². The van der Waals surface area contributed by atoms with E-state index in [-0.39, 0.29) is 12.4 Å². The van der Waals surface area contributed by atoms with Gasteiger partial charge in [-0.25, -0.2) is 9.36 Å². The molecular formula is C20H13N3O5. The van der Waals surface area contributed by atoms with Gasteiger partial charge in [0.25, 0.3) is 5.56 Å². The van der Waals surface area contributed by atoms with Crippen LogP contribution in [0.2, 0.25) is 0 Å². The zero-order chi connectivity index (χ0) is 19.3. The molecular weight excluding hydrogens is 362 g/mol. The highest BCUT2D eigenvalue weighted by Gasteiger charge is 2.20. The lowest BCUT2D eigenvalue weighted by Crippen LogP contribution is -2.30. The monoisotopic (exact) mass is 375 g/mol. The van der Waals surface area contributed by atoms with Crippen molar-refractivity contribution in [2.75, 3.05) is 6.79 Å². The summed E-state index contributed by atoms with van der Waals surface area (Å²) in [6, 6.07) is 12.2. The number of hydrogen-bond acceptors (Lipinski definition) is 6. The largest absolute Gasteiger partial charge is 0.494 e. The van der Waals surface area contributed by atoms with Gasteiger partial charge < -0.3 is 14.6 Å². The number of nitrogens with one attached hydrogen (secondary N) is 1. The Hall–Kier alpha value is -4.07. The summed E-state index contributed by atoms with van der Waals surface area (Å²) < 4.78 is 11.6. The van der Waals surface area contributed by atoms with Crippen molar-refractivity contribution in [2.24, 2.45) is 4.99 Å². The first kappa shape index (κ1) is 16.1. The minimum atomic E-state index is -0.760. The van der Waals surface area contributed by atoms with Crippen LogP contribution in [0.4, 0.5) is 5.69 Å². The predicted molar refractivity (Wildman–Crippen MR) is 103 cm³/mol. The van der Waals surface area contributed by atoms with Crippen molar-refractivity contribution < 1.29 is 14.6 Å². The molecule has 1 aromatic heterocycles. The third kappa shape index (κ3) is 2.43. The fraction of sp³-hybridized carbons (Fsp3) is 0.0500. The summed E-state index contributed by atoms with van der Waals surface area (Å²) in [7, 11) is 0. The van der Waals surface area contributed by atoms with Crippen LogP contribution in [-0.2, 0) is 0 Å². The maximum absolute atomic E-state index is 12.4. The van der Waals surface area contributed by atoms with Gasteiger partial charge in [-0.3, -0.25) is 14.8 Å². The maximum atomic E-state index is 12.4. The van der Waals surface area contributed by atoms with Crippen molar-refractivity contribution >= 4 is 23.6 Å². The van der Waals surface area contributed by atoms with Crippen molar-refractivity contribution in [1.82, 2.24) is 9.55 Å². The minimum absolute atomic E-state index is 0.0459. The lowest BCUT2D eigenvalue weighted by molar-refractivity contribution is 0.174. The maximum Gasteiger partial charge on any atom is 0.335 e. The van der Waals surface area contributed by atoms with Gasteiger partial charge in [0.15, 0.2) is 11.5 Å². The molecule has 2 aliphatic rings. The van der Waals surface area contributed by atoms with E-state index < -0.39 is 17.1 Å². The summed E-state index contributed by atoms with van der Waals surface area (Å²) in [5.41, 5.74) is 1.11. The summed E-state index contributed by atoms with van der Waals surface area (Å²) in [4.78, 5) is 31.3. The molecule has 2 N–H and O–H groups in total. The molecule has 3 heterocycles. The van der Waals surface area contributed by atoms with E-state index in [4.69, 9.17) is 9.47 Å². The molecule has 138 valence electrons. The molecule has 0 aliphatic carbocycles. The van der Waals surface area contributed by atoms with E-state index in [0.29, 0.717) is 22.8 Å². The standard InChI is InChI=1S/C20H13N3O5/c24-18-14(7-11-9-21-15-4-2-1-3-13(11)15)19(25)23(20(26)22-18)12-5-6-16-17(8-12)28-10-27-16/h1-9,25H,10H2,(H,22,24,26). The smallest absolute Gasteiger partial charge is 0.335 e. The molecule has 5 rings (SSSR count). The number of ether oxygens (including phenoxy) is 2. The topological polar surface area (TPSA) is 106 Å². The molecule has 28 heavy (non-hydrogen) atoms. The van der Waals surface area contributed by atoms with Gasteiger partial charge in [-0.15, -0.1) is 0 Å². The predicted octanol–water partition coefficient (Wildman–Crippen LogP) is 2.22. The molecule has 0 unspecified atom stereocenters. The fourth-order valence-electron chi connectivity index (χ4n) is 3.24. The number of aromatic hydroxyl groups is 1. The molecule has 0 radical (unpaired) electrons. The Bertz CT molecular complexity index is 1300. The van der Waals surface area contributed by atoms with Crippen molar-refractivity contribution in [3.8, 4) is 23.1 Å². The number of para-hydroxylation sites is 1. The summed E-state index contributed by atoms with van der Waals surface area (Å²) in [5, 5.41) is 10.7. The number of rotatable bonds is 2. The van der Waals surface area contributed by atoms with E-state index in [2.05, 4.69) is 9.98 Å². The first-order valence-electron chi connectivity index (χ1n) is 8.45. The normalized spacial score (nSPS) is 15.2. The molecule has 0 saturated heterocycles. The number of H-pyrrole nitrogens is 1. The van der Waals surface area contributed by atoms with Gasteiger partial charge in [0, 0.05) is 23.4 Å². The number of nitrogens with zero attached hydrogens (tertiary/aromatic N) is 2. The van der Waals surface area contributed by atoms with Gasteiger partial charge in [-0.05, 0) is 24.3 Å². The van der Waals surface area contributed by atoms with Crippen molar-refractivity contribution in [2.45, 2.75) is 0 Å². The Morgan fingerprint density at radius 3 is 2.82 bits per heavy atom. The quantitative estimate of drug-likeness (QED) is 0.714. The highest BCUT2D eigenvalue weighted by molar-refractivity contribution is 6.21. The third-order valence-electron chi connectivity index (χ3n) is 4.59. The second-order valence-corrected chi connectivity index (χ2v) is 6.24. The number of benzene rings is 2. The Kier molecular flexibility index (Phi) is 3.45. The molecule has 2 aliphatic heterocycles. The van der Waals surface area contributed by atoms with Crippen LogP contribution < -0.4 is 20.7 Å². The summed E-state index contributed by atoms with van der Waals surface area (Å²) in [6.07, 6.45) is 3.12. The van der Waals surface area contributed by atoms with Crippen molar-refractivity contribution in [3.05, 3.63) is 74.4 Å². The molecule has 0 fully saturated rings. The summed E-state index contributed by atoms with van der Waals surface area (Å²) >= 11 is 0. The molecule has 8 heteroatoms. The molecule has 8 nitrogen and oxygen atoms in total. The number of fused-ring (bicyclic) bond motifs is 2. The lowest BCUT2D eigenvalue weighted by atomic mass is 10.1. The van der Waals surface area contributed by atoms with Crippen LogP contribution in [0.25, 0.3) is 17.3 Å². The number of aliphatic imine (C=N–C) groups is 1. The average Bonchev–Trinajstić information content (AvgIpc) is 3.31. The van der Waals surface area contributed by atoms with Crippen LogP contribution >= 0.6 is 0 Å². The zero-order valence-corrected chi connectivity index (χ0v) is 14.4. The summed E-state index contributed by atoms with van der Waals surface area (Å²) in [6.45, 7) is 0.0847. The zero-order valence-electron chi connectivity index (χ0n) is 14.4. The number of aromatic nitrogens is 2. The summed E-state index contributed by atoms with van der Waals surface area (Å²) in [5.74, 6) is 0.520. The Morgan fingerprint density at radius 2 is 1.93 bits per heavy atom. The number of aromatic amines is 1. The molecule has 0 spiro atoms. The Balaban J connectivity index is 1.68. The van der Waals surface area contributed by atoms with Gasteiger partial charge in [0.05, 0.1) is 11.4 Å². The van der Waals surface area contributed by atoms with Crippen LogP contribution in [-0.4, -0.2) is 27.7 Å². The second kappa shape index (κ2) is 5.98. The SMILES string of the molecule is O=c1[nH]c(=O)n(-c2ccc3c(c2)OCO3)c(O)c1C=C1C=Nc2ccccc21. The first-order chi connectivity index (χ1) is 13.6. The molecule has 0 bridgehead atoms. The highest BCUT2D eigenvalue weighted by Crippen LogP contribution is 2.35. The van der Waals surface area contributed by atoms with Crippen LogP contribution in [0.5, 0.6) is 17.4 Å². The Labute approximate surface area is 157 Å². The highest BCUT2D eigenvalue weighted by atomic mass is 16.7. The van der Waals surface area contributed by atoms with E-state index in [1.54, 1.807) is 24.4 Å². The van der Waals surface area contributed by atoms with Gasteiger partial charge in [0.2, 0.25) is 12.7 Å². The van der Waals surface area contributed by atoms with Gasteiger partial charge >= 0.3 is 5.69 Å². The fourth-order valence-corrected chi connectivity index (χ4v) is 3.24. The van der Waals surface area contributed by atoms with Crippen LogP contribution in [0.15, 0.2) is 57.0 Å². The van der Waals surface area contributed by atoms with Gasteiger partial charge in [-0.1, -0.05) is 18.2 Å². The molecule has 3 aromatic rings. The first-order valence-corrected chi connectivity index (χ1v) is 8.45. The van der Waals surface area contributed by atoms with Gasteiger partial charge in [-0.2, -0.15) is 0 Å². The Morgan fingerprint density at radius 1 is 1.11 bits per heavy atom. The van der Waals surface area contributed by atoms with Crippen LogP contribution in [0, 0.1) is 0 Å². The molecule has 2 aromatic carbocycles. The van der Waals surface area contributed by atoms with Gasteiger partial charge in [0.1, 0.15) is 5.56 Å². The lowest BCUT2D eigenvalue weighted by Gasteiger charge is -2.11. The van der Waals surface area contributed by atoms with E-state index in [1.165, 1.54) is 6.08 Å². The second-order valence-electron chi connectivity index (χ2n) is 6.24. The molecule has 0 atom stereocenters. The van der Waals surface area contributed by atoms with Crippen molar-refractivity contribution in [3.63, 3.8) is 0 Å². The third-order valence-corrected chi connectivity index (χ3v) is 4.59. The van der Waals surface area contributed by atoms with Crippen molar-refractivity contribution in [1.29, 1.82) is 0 Å². The molecule has 0 amide bonds. The minimum Gasteiger partial charge on any atom is -0.494 e. The van der Waals surface area contributed by atoms with E-state index in [9.17, 15) is 14.7 Å². The number of hydrogen-bond donors (Lipinski definition) is 2. The van der Waals surface area contributed by atoms with Crippen LogP contribution in [0.3, 0.4) is 0 Å². The molecule has 0 saturated carbocycles. The van der Waals surface area contributed by atoms with E-state index in [0.717, 1.165) is 15.8 Å². The average molecular weight is 375 g/mol.